The van der Waals surface area contributed by atoms with E-state index >= 15 is 4.57 Å². The summed E-state index contributed by atoms with van der Waals surface area (Å²) in [4.78, 5) is 4.68. The minimum absolute atomic E-state index is 0.835. The molecule has 0 atom stereocenters. The van der Waals surface area contributed by atoms with Gasteiger partial charge in [-0.15, -0.1) is 0 Å². The number of para-hydroxylation sites is 1. The first-order valence-corrected chi connectivity index (χ1v) is 16.5. The average molecular weight is 582 g/mol. The number of aromatic nitrogens is 1. The van der Waals surface area contributed by atoms with Crippen LogP contribution in [0.4, 0.5) is 0 Å². The third-order valence-electron chi connectivity index (χ3n) is 8.57. The van der Waals surface area contributed by atoms with Crippen LogP contribution < -0.4 is 15.9 Å². The summed E-state index contributed by atoms with van der Waals surface area (Å²) in [6.07, 6.45) is 1.85. The Balaban J connectivity index is 1.40. The highest BCUT2D eigenvalue weighted by molar-refractivity contribution is 7.86. The van der Waals surface area contributed by atoms with Crippen molar-refractivity contribution in [2.75, 3.05) is 0 Å². The van der Waals surface area contributed by atoms with Crippen LogP contribution in [0.5, 0.6) is 0 Å². The Morgan fingerprint density at radius 2 is 0.932 bits per heavy atom. The molecule has 0 amide bonds. The number of rotatable bonds is 5. The molecule has 0 saturated carbocycles. The number of nitrogens with zero attached hydrogens (tertiary/aromatic N) is 1. The van der Waals surface area contributed by atoms with Crippen molar-refractivity contribution in [3.8, 4) is 22.3 Å². The smallest absolute Gasteiger partial charge is 0.172 e. The number of benzene rings is 7. The van der Waals surface area contributed by atoms with E-state index in [9.17, 15) is 0 Å². The Bertz CT molecular complexity index is 2240. The number of hydrogen-bond donors (Lipinski definition) is 0. The molecule has 3 heteroatoms. The highest BCUT2D eigenvalue weighted by atomic mass is 31.2. The van der Waals surface area contributed by atoms with Crippen LogP contribution in [0.2, 0.25) is 0 Å². The predicted octanol–water partition coefficient (Wildman–Crippen LogP) is 9.51. The average Bonchev–Trinajstić information content (AvgIpc) is 3.11. The molecule has 2 nitrogen and oxygen atoms in total. The number of pyridine rings is 1. The molecular formula is C41H28NOP. The monoisotopic (exact) mass is 581 g/mol. The second-order valence-corrected chi connectivity index (χ2v) is 13.8. The van der Waals surface area contributed by atoms with Gasteiger partial charge < -0.3 is 4.57 Å². The standard InChI is InChI=1S/C41H28NOP/c43-44(32-15-3-1-4-16-32,33-17-5-2-6-18-33)41-37-21-9-7-19-35(37)39(36-20-8-10-22-38(36)41)30-26-24-29(25-27-30)34-23-11-13-31-14-12-28-42-40(31)34/h1-28H. The second-order valence-electron chi connectivity index (χ2n) is 11.1. The quantitative estimate of drug-likeness (QED) is 0.150. The summed E-state index contributed by atoms with van der Waals surface area (Å²) in [5.41, 5.74) is 5.51. The molecule has 0 spiro atoms. The molecule has 0 fully saturated rings. The number of hydrogen-bond acceptors (Lipinski definition) is 2. The Morgan fingerprint density at radius 1 is 0.432 bits per heavy atom. The van der Waals surface area contributed by atoms with Gasteiger partial charge in [0.05, 0.1) is 5.52 Å². The molecule has 7 aromatic carbocycles. The molecule has 0 radical (unpaired) electrons. The minimum atomic E-state index is -3.26. The fraction of sp³-hybridized carbons (Fsp3) is 0. The van der Waals surface area contributed by atoms with Crippen LogP contribution >= 0.6 is 7.14 Å². The van der Waals surface area contributed by atoms with Crippen molar-refractivity contribution in [1.82, 2.24) is 4.98 Å². The predicted molar refractivity (Wildman–Crippen MR) is 187 cm³/mol. The van der Waals surface area contributed by atoms with Crippen LogP contribution in [0.3, 0.4) is 0 Å². The third-order valence-corrected chi connectivity index (χ3v) is 11.7. The van der Waals surface area contributed by atoms with E-state index in [-0.39, 0.29) is 0 Å². The van der Waals surface area contributed by atoms with Gasteiger partial charge in [-0.1, -0.05) is 158 Å². The molecule has 0 aliphatic rings. The van der Waals surface area contributed by atoms with Crippen LogP contribution in [0, 0.1) is 0 Å². The van der Waals surface area contributed by atoms with Gasteiger partial charge >= 0.3 is 0 Å². The molecule has 0 unspecified atom stereocenters. The van der Waals surface area contributed by atoms with Gasteiger partial charge in [-0.2, -0.15) is 0 Å². The summed E-state index contributed by atoms with van der Waals surface area (Å²) in [5, 5.41) is 7.90. The zero-order valence-electron chi connectivity index (χ0n) is 24.0. The van der Waals surface area contributed by atoms with E-state index in [1.165, 1.54) is 0 Å². The van der Waals surface area contributed by atoms with Gasteiger partial charge in [-0.3, -0.25) is 4.98 Å². The molecule has 208 valence electrons. The second kappa shape index (κ2) is 10.8. The van der Waals surface area contributed by atoms with E-state index in [2.05, 4.69) is 102 Å². The summed E-state index contributed by atoms with van der Waals surface area (Å²) in [5.74, 6) is 0. The van der Waals surface area contributed by atoms with Crippen LogP contribution in [0.1, 0.15) is 0 Å². The maximum atomic E-state index is 15.8. The van der Waals surface area contributed by atoms with Crippen molar-refractivity contribution < 1.29 is 4.57 Å². The summed E-state index contributed by atoms with van der Waals surface area (Å²) < 4.78 is 15.8. The highest BCUT2D eigenvalue weighted by Gasteiger charge is 2.34. The minimum Gasteiger partial charge on any atom is -0.309 e. The Hall–Kier alpha value is -5.30. The van der Waals surface area contributed by atoms with Gasteiger partial charge in [0.2, 0.25) is 0 Å². The van der Waals surface area contributed by atoms with Crippen LogP contribution in [0.15, 0.2) is 170 Å². The molecule has 0 N–H and O–H groups in total. The Morgan fingerprint density at radius 3 is 1.52 bits per heavy atom. The molecule has 1 aromatic heterocycles. The van der Waals surface area contributed by atoms with Crippen molar-refractivity contribution in [3.63, 3.8) is 0 Å². The van der Waals surface area contributed by atoms with Crippen LogP contribution in [-0.2, 0) is 4.57 Å². The van der Waals surface area contributed by atoms with Gasteiger partial charge in [0.25, 0.3) is 0 Å². The molecule has 0 aliphatic carbocycles. The molecule has 8 aromatic rings. The van der Waals surface area contributed by atoms with E-state index < -0.39 is 7.14 Å². The lowest BCUT2D eigenvalue weighted by Crippen LogP contribution is -2.26. The molecule has 8 rings (SSSR count). The summed E-state index contributed by atoms with van der Waals surface area (Å²) in [6, 6.07) is 56.0. The lowest BCUT2D eigenvalue weighted by Gasteiger charge is -2.25. The first kappa shape index (κ1) is 26.3. The van der Waals surface area contributed by atoms with E-state index in [1.54, 1.807) is 0 Å². The van der Waals surface area contributed by atoms with Gasteiger partial charge in [-0.05, 0) is 44.3 Å². The van der Waals surface area contributed by atoms with E-state index in [0.717, 1.165) is 70.6 Å². The first-order valence-electron chi connectivity index (χ1n) is 14.8. The van der Waals surface area contributed by atoms with Crippen molar-refractivity contribution >= 4 is 55.5 Å². The normalized spacial score (nSPS) is 11.7. The molecule has 44 heavy (non-hydrogen) atoms. The zero-order chi connectivity index (χ0) is 29.5. The Labute approximate surface area is 256 Å². The van der Waals surface area contributed by atoms with Crippen molar-refractivity contribution in [1.29, 1.82) is 0 Å². The van der Waals surface area contributed by atoms with Crippen LogP contribution in [0.25, 0.3) is 54.7 Å². The largest absolute Gasteiger partial charge is 0.309 e. The molecule has 0 bridgehead atoms. The van der Waals surface area contributed by atoms with Gasteiger partial charge in [0.15, 0.2) is 7.14 Å². The van der Waals surface area contributed by atoms with Crippen molar-refractivity contribution in [2.45, 2.75) is 0 Å². The van der Waals surface area contributed by atoms with Crippen molar-refractivity contribution in [2.24, 2.45) is 0 Å². The van der Waals surface area contributed by atoms with E-state index in [1.807, 2.05) is 72.9 Å². The molecular weight excluding hydrogens is 553 g/mol. The maximum Gasteiger partial charge on any atom is 0.172 e. The lowest BCUT2D eigenvalue weighted by atomic mass is 9.91. The SMILES string of the molecule is O=P(c1ccccc1)(c1ccccc1)c1c2ccccc2c(-c2ccc(-c3cccc4cccnc34)cc2)c2ccccc12. The van der Waals surface area contributed by atoms with Crippen LogP contribution in [-0.4, -0.2) is 4.98 Å². The summed E-state index contributed by atoms with van der Waals surface area (Å²) in [6.45, 7) is 0. The fourth-order valence-electron chi connectivity index (χ4n) is 6.59. The van der Waals surface area contributed by atoms with Gasteiger partial charge in [-0.25, -0.2) is 0 Å². The Kier molecular flexibility index (Phi) is 6.44. The zero-order valence-corrected chi connectivity index (χ0v) is 24.9. The van der Waals surface area contributed by atoms with E-state index in [4.69, 9.17) is 0 Å². The third kappa shape index (κ3) is 4.19. The van der Waals surface area contributed by atoms with E-state index in [0.29, 0.717) is 0 Å². The molecule has 1 heterocycles. The molecule has 0 aliphatic heterocycles. The van der Waals surface area contributed by atoms with Gasteiger partial charge in [0.1, 0.15) is 0 Å². The lowest BCUT2D eigenvalue weighted by molar-refractivity contribution is 0.593. The molecule has 0 saturated heterocycles. The topological polar surface area (TPSA) is 30.0 Å². The summed E-state index contributed by atoms with van der Waals surface area (Å²) in [7, 11) is -3.26. The highest BCUT2D eigenvalue weighted by Crippen LogP contribution is 2.49. The number of fused-ring (bicyclic) bond motifs is 3. The summed E-state index contributed by atoms with van der Waals surface area (Å²) >= 11 is 0. The fourth-order valence-corrected chi connectivity index (χ4v) is 9.66. The van der Waals surface area contributed by atoms with Gasteiger partial charge in [0, 0.05) is 33.1 Å². The first-order chi connectivity index (χ1) is 21.7. The maximum absolute atomic E-state index is 15.8. The van der Waals surface area contributed by atoms with Crippen molar-refractivity contribution in [3.05, 3.63) is 170 Å².